The van der Waals surface area contributed by atoms with Crippen LogP contribution in [0.4, 0.5) is 5.69 Å². The zero-order valence-corrected chi connectivity index (χ0v) is 13.3. The second kappa shape index (κ2) is 6.58. The van der Waals surface area contributed by atoms with Crippen molar-refractivity contribution in [2.75, 3.05) is 24.2 Å². The van der Waals surface area contributed by atoms with Gasteiger partial charge in [-0.2, -0.15) is 0 Å². The Hall–Kier alpha value is -1.40. The average molecular weight is 310 g/mol. The summed E-state index contributed by atoms with van der Waals surface area (Å²) in [5.41, 5.74) is 1.88. The summed E-state index contributed by atoms with van der Waals surface area (Å²) in [4.78, 5) is 12.3. The predicted molar refractivity (Wildman–Crippen MR) is 83.6 cm³/mol. The van der Waals surface area contributed by atoms with Gasteiger partial charge in [-0.05, 0) is 38.8 Å². The van der Waals surface area contributed by atoms with Crippen molar-refractivity contribution in [1.29, 1.82) is 0 Å². The Morgan fingerprint density at radius 1 is 1.33 bits per heavy atom. The molecule has 2 rings (SSSR count). The van der Waals surface area contributed by atoms with E-state index in [-0.39, 0.29) is 24.1 Å². The van der Waals surface area contributed by atoms with Gasteiger partial charge in [-0.1, -0.05) is 17.7 Å². The summed E-state index contributed by atoms with van der Waals surface area (Å²) in [7, 11) is -3.21. The van der Waals surface area contributed by atoms with Gasteiger partial charge in [-0.3, -0.25) is 4.79 Å². The van der Waals surface area contributed by atoms with E-state index in [1.54, 1.807) is 6.92 Å². The van der Waals surface area contributed by atoms with E-state index in [0.717, 1.165) is 24.1 Å². The topological polar surface area (TPSA) is 66.5 Å². The molecule has 0 radical (unpaired) electrons. The van der Waals surface area contributed by atoms with Crippen LogP contribution in [0.25, 0.3) is 0 Å². The fourth-order valence-corrected chi connectivity index (χ4v) is 3.65. The predicted octanol–water partition coefficient (Wildman–Crippen LogP) is 2.00. The number of carbonyl (C=O) groups excluding carboxylic acids is 1. The molecule has 1 heterocycles. The molecule has 1 unspecified atom stereocenters. The molecule has 0 saturated carbocycles. The smallest absolute Gasteiger partial charge is 0.228 e. The molecule has 1 aromatic rings. The number of benzene rings is 1. The second-order valence-corrected chi connectivity index (χ2v) is 7.71. The third-order valence-corrected chi connectivity index (χ3v) is 5.68. The van der Waals surface area contributed by atoms with Gasteiger partial charge in [0.1, 0.15) is 0 Å². The van der Waals surface area contributed by atoms with E-state index in [2.05, 4.69) is 5.32 Å². The molecule has 1 amide bonds. The van der Waals surface area contributed by atoms with Gasteiger partial charge >= 0.3 is 0 Å². The first-order valence-electron chi connectivity index (χ1n) is 7.27. The Morgan fingerprint density at radius 2 is 2.00 bits per heavy atom. The Labute approximate surface area is 126 Å². The van der Waals surface area contributed by atoms with E-state index >= 15 is 0 Å². The van der Waals surface area contributed by atoms with Crippen LogP contribution in [-0.4, -0.2) is 37.5 Å². The largest absolute Gasteiger partial charge is 0.326 e. The Balaban J connectivity index is 2.01. The number of hydrogen-bond donors (Lipinski definition) is 1. The minimum absolute atomic E-state index is 0.0826. The van der Waals surface area contributed by atoms with Gasteiger partial charge in [0.05, 0.1) is 11.7 Å². The lowest BCUT2D eigenvalue weighted by molar-refractivity contribution is -0.120. The summed E-state index contributed by atoms with van der Waals surface area (Å²) < 4.78 is 25.3. The van der Waals surface area contributed by atoms with E-state index in [9.17, 15) is 13.2 Å². The lowest BCUT2D eigenvalue weighted by Crippen LogP contribution is -2.44. The van der Waals surface area contributed by atoms with Crippen LogP contribution in [0.1, 0.15) is 25.3 Å². The van der Waals surface area contributed by atoms with Crippen LogP contribution in [-0.2, 0) is 14.8 Å². The van der Waals surface area contributed by atoms with Crippen molar-refractivity contribution in [3.8, 4) is 0 Å². The van der Waals surface area contributed by atoms with Gasteiger partial charge in [-0.25, -0.2) is 12.7 Å². The van der Waals surface area contributed by atoms with Crippen molar-refractivity contribution < 1.29 is 13.2 Å². The Kier molecular flexibility index (Phi) is 5.00. The summed E-state index contributed by atoms with van der Waals surface area (Å²) >= 11 is 0. The van der Waals surface area contributed by atoms with Crippen molar-refractivity contribution in [1.82, 2.24) is 4.31 Å². The quantitative estimate of drug-likeness (QED) is 0.925. The highest BCUT2D eigenvalue weighted by atomic mass is 32.2. The number of amides is 1. The van der Waals surface area contributed by atoms with E-state index in [0.29, 0.717) is 6.54 Å². The van der Waals surface area contributed by atoms with Gasteiger partial charge in [0.25, 0.3) is 0 Å². The summed E-state index contributed by atoms with van der Waals surface area (Å²) in [6.07, 6.45) is 1.46. The van der Waals surface area contributed by atoms with Crippen LogP contribution in [0.15, 0.2) is 24.3 Å². The molecule has 1 N–H and O–H groups in total. The van der Waals surface area contributed by atoms with Crippen molar-refractivity contribution in [3.63, 3.8) is 0 Å². The number of nitrogens with zero attached hydrogens (tertiary/aromatic N) is 1. The number of piperidine rings is 1. The van der Waals surface area contributed by atoms with Gasteiger partial charge in [0.2, 0.25) is 15.9 Å². The first-order valence-corrected chi connectivity index (χ1v) is 8.88. The van der Waals surface area contributed by atoms with Crippen LogP contribution in [0, 0.1) is 12.8 Å². The number of nitrogens with one attached hydrogen (secondary N) is 1. The fraction of sp³-hybridized carbons (Fsp3) is 0.533. The van der Waals surface area contributed by atoms with Gasteiger partial charge in [-0.15, -0.1) is 0 Å². The maximum atomic E-state index is 12.3. The lowest BCUT2D eigenvalue weighted by atomic mass is 9.98. The summed E-state index contributed by atoms with van der Waals surface area (Å²) in [5, 5.41) is 2.87. The SMILES string of the molecule is CCS(=O)(=O)N1CCCC(C(=O)Nc2ccc(C)cc2)C1. The fourth-order valence-electron chi connectivity index (χ4n) is 2.47. The normalized spacial score (nSPS) is 20.2. The Bertz CT molecular complexity index is 596. The number of hydrogen-bond acceptors (Lipinski definition) is 3. The first kappa shape index (κ1) is 16.0. The highest BCUT2D eigenvalue weighted by molar-refractivity contribution is 7.89. The second-order valence-electron chi connectivity index (χ2n) is 5.45. The number of carbonyl (C=O) groups is 1. The minimum atomic E-state index is -3.21. The molecule has 6 heteroatoms. The molecular formula is C15H22N2O3S. The van der Waals surface area contributed by atoms with Crippen LogP contribution in [0.3, 0.4) is 0 Å². The molecule has 1 saturated heterocycles. The average Bonchev–Trinajstić information content (AvgIpc) is 2.49. The third-order valence-electron chi connectivity index (χ3n) is 3.83. The molecule has 5 nitrogen and oxygen atoms in total. The third kappa shape index (κ3) is 4.04. The summed E-state index contributed by atoms with van der Waals surface area (Å²) in [5.74, 6) is -0.296. The highest BCUT2D eigenvalue weighted by Crippen LogP contribution is 2.21. The molecule has 1 aliphatic heterocycles. The van der Waals surface area contributed by atoms with Crippen molar-refractivity contribution >= 4 is 21.6 Å². The molecule has 116 valence electrons. The maximum Gasteiger partial charge on any atom is 0.228 e. The maximum absolute atomic E-state index is 12.3. The number of sulfonamides is 1. The zero-order chi connectivity index (χ0) is 15.5. The zero-order valence-electron chi connectivity index (χ0n) is 12.5. The van der Waals surface area contributed by atoms with E-state index in [1.807, 2.05) is 31.2 Å². The van der Waals surface area contributed by atoms with Crippen molar-refractivity contribution in [2.45, 2.75) is 26.7 Å². The molecule has 0 aromatic heterocycles. The van der Waals surface area contributed by atoms with E-state index < -0.39 is 10.0 Å². The number of aryl methyl sites for hydroxylation is 1. The van der Waals surface area contributed by atoms with Gasteiger partial charge in [0.15, 0.2) is 0 Å². The van der Waals surface area contributed by atoms with Gasteiger partial charge in [0, 0.05) is 18.8 Å². The van der Waals surface area contributed by atoms with Crippen LogP contribution in [0.2, 0.25) is 0 Å². The Morgan fingerprint density at radius 3 is 2.62 bits per heavy atom. The van der Waals surface area contributed by atoms with Crippen LogP contribution in [0.5, 0.6) is 0 Å². The molecule has 1 aromatic carbocycles. The van der Waals surface area contributed by atoms with Crippen LogP contribution >= 0.6 is 0 Å². The van der Waals surface area contributed by atoms with Gasteiger partial charge < -0.3 is 5.32 Å². The molecule has 21 heavy (non-hydrogen) atoms. The van der Waals surface area contributed by atoms with Crippen molar-refractivity contribution in [3.05, 3.63) is 29.8 Å². The van der Waals surface area contributed by atoms with Crippen molar-refractivity contribution in [2.24, 2.45) is 5.92 Å². The standard InChI is InChI=1S/C15H22N2O3S/c1-3-21(19,20)17-10-4-5-13(11-17)15(18)16-14-8-6-12(2)7-9-14/h6-9,13H,3-5,10-11H2,1-2H3,(H,16,18). The molecular weight excluding hydrogens is 288 g/mol. The lowest BCUT2D eigenvalue weighted by Gasteiger charge is -2.30. The highest BCUT2D eigenvalue weighted by Gasteiger charge is 2.31. The molecule has 1 atom stereocenters. The molecule has 1 aliphatic rings. The monoisotopic (exact) mass is 310 g/mol. The number of rotatable bonds is 4. The summed E-state index contributed by atoms with van der Waals surface area (Å²) in [6, 6.07) is 7.59. The van der Waals surface area contributed by atoms with E-state index in [4.69, 9.17) is 0 Å². The minimum Gasteiger partial charge on any atom is -0.326 e. The number of anilines is 1. The molecule has 0 bridgehead atoms. The first-order chi connectivity index (χ1) is 9.92. The van der Waals surface area contributed by atoms with E-state index in [1.165, 1.54) is 4.31 Å². The molecule has 1 fully saturated rings. The van der Waals surface area contributed by atoms with Crippen LogP contribution < -0.4 is 5.32 Å². The molecule has 0 spiro atoms. The summed E-state index contributed by atoms with van der Waals surface area (Å²) in [6.45, 7) is 4.42. The molecule has 0 aliphatic carbocycles.